The van der Waals surface area contributed by atoms with E-state index in [1.165, 1.54) is 12.1 Å². The van der Waals surface area contributed by atoms with Crippen LogP contribution in [0.1, 0.15) is 5.56 Å². The van der Waals surface area contributed by atoms with E-state index in [0.717, 1.165) is 17.0 Å². The fourth-order valence-electron chi connectivity index (χ4n) is 2.20. The third-order valence-corrected chi connectivity index (χ3v) is 3.08. The van der Waals surface area contributed by atoms with Gasteiger partial charge in [0.25, 0.3) is 0 Å². The normalized spacial score (nSPS) is 10.9. The number of nitrogens with zero attached hydrogens (tertiary/aromatic N) is 2. The Balaban J connectivity index is 2.27. The number of aromatic nitrogens is 2. The predicted molar refractivity (Wildman–Crippen MR) is 74.0 cm³/mol. The molecule has 5 heteroatoms. The average Bonchev–Trinajstić information content (AvgIpc) is 2.37. The van der Waals surface area contributed by atoms with E-state index >= 15 is 0 Å². The van der Waals surface area contributed by atoms with E-state index in [0.29, 0.717) is 11.3 Å². The van der Waals surface area contributed by atoms with Gasteiger partial charge in [0.15, 0.2) is 5.82 Å². The van der Waals surface area contributed by atoms with Crippen molar-refractivity contribution in [2.45, 2.75) is 6.92 Å². The second-order valence-electron chi connectivity index (χ2n) is 4.56. The molecule has 0 radical (unpaired) electrons. The summed E-state index contributed by atoms with van der Waals surface area (Å²) in [7, 11) is 0. The van der Waals surface area contributed by atoms with Crippen LogP contribution in [-0.4, -0.2) is 9.97 Å². The van der Waals surface area contributed by atoms with Gasteiger partial charge in [-0.2, -0.15) is 0 Å². The summed E-state index contributed by atoms with van der Waals surface area (Å²) in [5.41, 5.74) is 7.80. The Kier molecular flexibility index (Phi) is 2.82. The highest BCUT2D eigenvalue weighted by Gasteiger charge is 2.10. The van der Waals surface area contributed by atoms with Crippen LogP contribution < -0.4 is 5.73 Å². The molecule has 0 saturated heterocycles. The second kappa shape index (κ2) is 4.52. The van der Waals surface area contributed by atoms with Crippen molar-refractivity contribution in [2.24, 2.45) is 0 Å². The average molecular weight is 271 g/mol. The van der Waals surface area contributed by atoms with E-state index in [2.05, 4.69) is 9.97 Å². The van der Waals surface area contributed by atoms with Crippen LogP contribution in [0.4, 0.5) is 14.6 Å². The fourth-order valence-corrected chi connectivity index (χ4v) is 2.20. The van der Waals surface area contributed by atoms with Crippen molar-refractivity contribution in [1.29, 1.82) is 0 Å². The van der Waals surface area contributed by atoms with Gasteiger partial charge in [0.05, 0.1) is 5.52 Å². The number of aryl methyl sites for hydroxylation is 1. The maximum absolute atomic E-state index is 13.3. The lowest BCUT2D eigenvalue weighted by Crippen LogP contribution is -1.99. The number of nitrogen functional groups attached to an aromatic ring is 1. The number of anilines is 1. The molecule has 3 aromatic rings. The van der Waals surface area contributed by atoms with E-state index in [1.807, 2.05) is 19.1 Å². The zero-order valence-electron chi connectivity index (χ0n) is 10.7. The number of halogens is 2. The molecule has 20 heavy (non-hydrogen) atoms. The number of hydrogen-bond donors (Lipinski definition) is 1. The summed E-state index contributed by atoms with van der Waals surface area (Å²) in [6, 6.07) is 8.71. The van der Waals surface area contributed by atoms with Crippen LogP contribution in [0.25, 0.3) is 22.3 Å². The molecule has 0 amide bonds. The number of benzene rings is 2. The quantitative estimate of drug-likeness (QED) is 0.737. The number of rotatable bonds is 1. The third-order valence-electron chi connectivity index (χ3n) is 3.08. The van der Waals surface area contributed by atoms with Crippen LogP contribution in [0.5, 0.6) is 0 Å². The van der Waals surface area contributed by atoms with E-state index in [9.17, 15) is 8.78 Å². The lowest BCUT2D eigenvalue weighted by atomic mass is 10.1. The van der Waals surface area contributed by atoms with Gasteiger partial charge in [0, 0.05) is 17.0 Å². The minimum atomic E-state index is -0.675. The zero-order chi connectivity index (χ0) is 14.3. The first-order valence-electron chi connectivity index (χ1n) is 6.04. The Bertz CT molecular complexity index is 795. The van der Waals surface area contributed by atoms with E-state index in [-0.39, 0.29) is 11.4 Å². The first-order valence-corrected chi connectivity index (χ1v) is 6.04. The summed E-state index contributed by atoms with van der Waals surface area (Å²) in [6.07, 6.45) is 0. The fraction of sp³-hybridized carbons (Fsp3) is 0.0667. The number of nitrogens with two attached hydrogens (primary N) is 1. The van der Waals surface area contributed by atoms with Crippen molar-refractivity contribution in [2.75, 3.05) is 5.73 Å². The molecule has 100 valence electrons. The summed E-state index contributed by atoms with van der Waals surface area (Å²) in [4.78, 5) is 8.47. The van der Waals surface area contributed by atoms with Crippen LogP contribution in [0.15, 0.2) is 36.4 Å². The van der Waals surface area contributed by atoms with Crippen molar-refractivity contribution in [3.8, 4) is 11.4 Å². The molecule has 0 spiro atoms. The SMILES string of the molecule is Cc1cccc2nc(-c3cc(F)cc(F)c3)nc(N)c12. The maximum Gasteiger partial charge on any atom is 0.162 e. The van der Waals surface area contributed by atoms with Gasteiger partial charge in [0.1, 0.15) is 17.5 Å². The van der Waals surface area contributed by atoms with E-state index in [1.54, 1.807) is 6.07 Å². The Morgan fingerprint density at radius 2 is 1.70 bits per heavy atom. The molecule has 2 N–H and O–H groups in total. The third kappa shape index (κ3) is 2.07. The maximum atomic E-state index is 13.3. The molecule has 0 aliphatic rings. The number of fused-ring (bicyclic) bond motifs is 1. The summed E-state index contributed by atoms with van der Waals surface area (Å²) in [5.74, 6) is -0.843. The zero-order valence-corrected chi connectivity index (χ0v) is 10.7. The summed E-state index contributed by atoms with van der Waals surface area (Å²) in [6.45, 7) is 1.91. The molecule has 1 heterocycles. The highest BCUT2D eigenvalue weighted by molar-refractivity contribution is 5.92. The smallest absolute Gasteiger partial charge is 0.162 e. The molecule has 0 unspecified atom stereocenters. The standard InChI is InChI=1S/C15H11F2N3/c1-8-3-2-4-12-13(8)14(18)20-15(19-12)9-5-10(16)7-11(17)6-9/h2-7H,1H3,(H2,18,19,20). The van der Waals surface area contributed by atoms with Crippen molar-refractivity contribution < 1.29 is 8.78 Å². The van der Waals surface area contributed by atoms with Crippen molar-refractivity contribution in [3.05, 3.63) is 53.6 Å². The molecule has 3 rings (SSSR count). The Labute approximate surface area is 114 Å². The molecule has 0 atom stereocenters. The second-order valence-corrected chi connectivity index (χ2v) is 4.56. The largest absolute Gasteiger partial charge is 0.383 e. The molecule has 0 saturated carbocycles. The molecule has 3 nitrogen and oxygen atoms in total. The summed E-state index contributed by atoms with van der Waals surface area (Å²) >= 11 is 0. The highest BCUT2D eigenvalue weighted by Crippen LogP contribution is 2.26. The Hall–Kier alpha value is -2.56. The topological polar surface area (TPSA) is 51.8 Å². The van der Waals surface area contributed by atoms with Crippen LogP contribution in [0.3, 0.4) is 0 Å². The molecule has 0 fully saturated rings. The van der Waals surface area contributed by atoms with Gasteiger partial charge in [-0.15, -0.1) is 0 Å². The van der Waals surface area contributed by atoms with E-state index in [4.69, 9.17) is 5.73 Å². The first kappa shape index (κ1) is 12.5. The molecule has 0 bridgehead atoms. The van der Waals surface area contributed by atoms with Gasteiger partial charge in [-0.3, -0.25) is 0 Å². The van der Waals surface area contributed by atoms with Gasteiger partial charge < -0.3 is 5.73 Å². The predicted octanol–water partition coefficient (Wildman–Crippen LogP) is 3.47. The monoisotopic (exact) mass is 271 g/mol. The van der Waals surface area contributed by atoms with Crippen molar-refractivity contribution >= 4 is 16.7 Å². The van der Waals surface area contributed by atoms with Gasteiger partial charge in [-0.05, 0) is 30.7 Å². The van der Waals surface area contributed by atoms with Crippen molar-refractivity contribution in [3.63, 3.8) is 0 Å². The Morgan fingerprint density at radius 1 is 1.00 bits per heavy atom. The van der Waals surface area contributed by atoms with Crippen LogP contribution in [0.2, 0.25) is 0 Å². The van der Waals surface area contributed by atoms with Gasteiger partial charge in [-0.1, -0.05) is 12.1 Å². The minimum absolute atomic E-state index is 0.207. The number of hydrogen-bond acceptors (Lipinski definition) is 3. The molecule has 0 aliphatic heterocycles. The summed E-state index contributed by atoms with van der Waals surface area (Å²) < 4.78 is 26.5. The van der Waals surface area contributed by atoms with Crippen LogP contribution in [-0.2, 0) is 0 Å². The Morgan fingerprint density at radius 3 is 2.40 bits per heavy atom. The minimum Gasteiger partial charge on any atom is -0.383 e. The van der Waals surface area contributed by atoms with Crippen LogP contribution >= 0.6 is 0 Å². The summed E-state index contributed by atoms with van der Waals surface area (Å²) in [5, 5.41) is 0.758. The molecular weight excluding hydrogens is 260 g/mol. The van der Waals surface area contributed by atoms with Gasteiger partial charge >= 0.3 is 0 Å². The molecule has 0 aliphatic carbocycles. The van der Waals surface area contributed by atoms with Crippen LogP contribution in [0, 0.1) is 18.6 Å². The molecular formula is C15H11F2N3. The van der Waals surface area contributed by atoms with Gasteiger partial charge in [0.2, 0.25) is 0 Å². The molecule has 2 aromatic carbocycles. The first-order chi connectivity index (χ1) is 9.54. The highest BCUT2D eigenvalue weighted by atomic mass is 19.1. The lowest BCUT2D eigenvalue weighted by Gasteiger charge is -2.07. The lowest BCUT2D eigenvalue weighted by molar-refractivity contribution is 0.584. The molecule has 1 aromatic heterocycles. The van der Waals surface area contributed by atoms with Crippen molar-refractivity contribution in [1.82, 2.24) is 9.97 Å². The van der Waals surface area contributed by atoms with Gasteiger partial charge in [-0.25, -0.2) is 18.7 Å². The van der Waals surface area contributed by atoms with E-state index < -0.39 is 11.6 Å².